The molecular formula is C16H20FNO2. The molecule has 3 rings (SSSR count). The molecule has 1 amide bonds. The van der Waals surface area contributed by atoms with Crippen LogP contribution in [0.15, 0.2) is 24.3 Å². The van der Waals surface area contributed by atoms with Gasteiger partial charge in [-0.25, -0.2) is 4.39 Å². The second kappa shape index (κ2) is 5.52. The predicted octanol–water partition coefficient (Wildman–Crippen LogP) is 2.89. The lowest BCUT2D eigenvalue weighted by Crippen LogP contribution is -2.32. The Kier molecular flexibility index (Phi) is 3.74. The topological polar surface area (TPSA) is 29.5 Å². The van der Waals surface area contributed by atoms with Gasteiger partial charge in [-0.2, -0.15) is 0 Å². The Bertz CT molecular complexity index is 497. The quantitative estimate of drug-likeness (QED) is 0.832. The van der Waals surface area contributed by atoms with Gasteiger partial charge in [0.1, 0.15) is 5.82 Å². The van der Waals surface area contributed by atoms with Crippen LogP contribution in [0.5, 0.6) is 0 Å². The van der Waals surface area contributed by atoms with E-state index in [1.54, 1.807) is 17.0 Å². The number of benzene rings is 1. The molecule has 0 radical (unpaired) electrons. The predicted molar refractivity (Wildman–Crippen MR) is 73.6 cm³/mol. The Morgan fingerprint density at radius 3 is 2.85 bits per heavy atom. The number of hydrogen-bond acceptors (Lipinski definition) is 2. The van der Waals surface area contributed by atoms with Crippen molar-refractivity contribution in [1.82, 2.24) is 4.90 Å². The molecule has 0 bridgehead atoms. The van der Waals surface area contributed by atoms with Crippen molar-refractivity contribution >= 4 is 5.91 Å². The van der Waals surface area contributed by atoms with E-state index < -0.39 is 0 Å². The minimum absolute atomic E-state index is 0.0976. The van der Waals surface area contributed by atoms with Gasteiger partial charge < -0.3 is 9.64 Å². The van der Waals surface area contributed by atoms with E-state index in [9.17, 15) is 9.18 Å². The lowest BCUT2D eigenvalue weighted by Gasteiger charge is -2.26. The summed E-state index contributed by atoms with van der Waals surface area (Å²) in [7, 11) is 0. The zero-order valence-electron chi connectivity index (χ0n) is 11.6. The molecule has 0 saturated carbocycles. The zero-order chi connectivity index (χ0) is 14.0. The van der Waals surface area contributed by atoms with Gasteiger partial charge in [-0.1, -0.05) is 18.2 Å². The molecule has 108 valence electrons. The van der Waals surface area contributed by atoms with Crippen molar-refractivity contribution in [2.45, 2.75) is 44.2 Å². The number of carbonyl (C=O) groups is 1. The highest BCUT2D eigenvalue weighted by molar-refractivity contribution is 5.76. The Labute approximate surface area is 118 Å². The molecule has 4 heteroatoms. The maximum Gasteiger partial charge on any atom is 0.222 e. The van der Waals surface area contributed by atoms with Crippen molar-refractivity contribution in [1.29, 1.82) is 0 Å². The fraction of sp³-hybridized carbons (Fsp3) is 0.562. The molecule has 1 aromatic carbocycles. The van der Waals surface area contributed by atoms with Gasteiger partial charge in [-0.05, 0) is 31.7 Å². The van der Waals surface area contributed by atoms with Crippen LogP contribution in [0.1, 0.15) is 37.7 Å². The second-order valence-corrected chi connectivity index (χ2v) is 5.79. The average molecular weight is 277 g/mol. The SMILES string of the molecule is O=C1CC[C@@]2(CCCO2)CCN1Cc1ccccc1F. The summed E-state index contributed by atoms with van der Waals surface area (Å²) in [6.07, 6.45) is 4.32. The van der Waals surface area contributed by atoms with Crippen molar-refractivity contribution in [3.8, 4) is 0 Å². The van der Waals surface area contributed by atoms with Crippen molar-refractivity contribution in [3.05, 3.63) is 35.6 Å². The molecule has 0 N–H and O–H groups in total. The molecule has 2 heterocycles. The maximum atomic E-state index is 13.7. The summed E-state index contributed by atoms with van der Waals surface area (Å²) < 4.78 is 19.6. The fourth-order valence-corrected chi connectivity index (χ4v) is 3.23. The van der Waals surface area contributed by atoms with Gasteiger partial charge in [0.25, 0.3) is 0 Å². The van der Waals surface area contributed by atoms with Crippen LogP contribution in [0, 0.1) is 5.82 Å². The van der Waals surface area contributed by atoms with Gasteiger partial charge in [0, 0.05) is 31.7 Å². The molecule has 2 aliphatic rings. The lowest BCUT2D eigenvalue weighted by molar-refractivity contribution is -0.131. The molecular weight excluding hydrogens is 257 g/mol. The van der Waals surface area contributed by atoms with E-state index >= 15 is 0 Å². The number of hydrogen-bond donors (Lipinski definition) is 0. The molecule has 3 nitrogen and oxygen atoms in total. The van der Waals surface area contributed by atoms with E-state index in [1.807, 2.05) is 6.07 Å². The van der Waals surface area contributed by atoms with E-state index in [4.69, 9.17) is 4.74 Å². The van der Waals surface area contributed by atoms with Crippen LogP contribution in [0.2, 0.25) is 0 Å². The van der Waals surface area contributed by atoms with Crippen LogP contribution in [-0.2, 0) is 16.1 Å². The van der Waals surface area contributed by atoms with Crippen molar-refractivity contribution < 1.29 is 13.9 Å². The molecule has 2 aliphatic heterocycles. The highest BCUT2D eigenvalue weighted by Crippen LogP contribution is 2.36. The van der Waals surface area contributed by atoms with Gasteiger partial charge in [-0.3, -0.25) is 4.79 Å². The van der Waals surface area contributed by atoms with E-state index in [0.717, 1.165) is 32.3 Å². The van der Waals surface area contributed by atoms with Gasteiger partial charge in [0.2, 0.25) is 5.91 Å². The average Bonchev–Trinajstić information content (AvgIpc) is 2.86. The van der Waals surface area contributed by atoms with Gasteiger partial charge >= 0.3 is 0 Å². The van der Waals surface area contributed by atoms with Crippen molar-refractivity contribution in [2.24, 2.45) is 0 Å². The van der Waals surface area contributed by atoms with Crippen LogP contribution in [0.4, 0.5) is 4.39 Å². The number of nitrogens with zero attached hydrogens (tertiary/aromatic N) is 1. The number of rotatable bonds is 2. The lowest BCUT2D eigenvalue weighted by atomic mass is 9.92. The van der Waals surface area contributed by atoms with E-state index in [2.05, 4.69) is 0 Å². The van der Waals surface area contributed by atoms with Crippen LogP contribution in [0.25, 0.3) is 0 Å². The first-order chi connectivity index (χ1) is 9.69. The number of halogens is 1. The molecule has 1 spiro atoms. The fourth-order valence-electron chi connectivity index (χ4n) is 3.23. The molecule has 1 atom stereocenters. The van der Waals surface area contributed by atoms with Crippen molar-refractivity contribution in [2.75, 3.05) is 13.2 Å². The standard InChI is InChI=1S/C16H20FNO2/c17-14-5-2-1-4-13(14)12-18-10-9-16(7-3-11-20-16)8-6-15(18)19/h1-2,4-5H,3,6-12H2/t16-/m0/s1. The van der Waals surface area contributed by atoms with Crippen molar-refractivity contribution in [3.63, 3.8) is 0 Å². The number of amides is 1. The third kappa shape index (κ3) is 2.70. The number of ether oxygens (including phenoxy) is 1. The summed E-state index contributed by atoms with van der Waals surface area (Å²) in [6.45, 7) is 1.83. The molecule has 2 saturated heterocycles. The van der Waals surface area contributed by atoms with E-state index in [1.165, 1.54) is 6.07 Å². The Balaban J connectivity index is 1.71. The summed E-state index contributed by atoms with van der Waals surface area (Å²) in [5, 5.41) is 0. The van der Waals surface area contributed by atoms with E-state index in [-0.39, 0.29) is 17.3 Å². The molecule has 0 unspecified atom stereocenters. The van der Waals surface area contributed by atoms with Crippen LogP contribution in [-0.4, -0.2) is 29.6 Å². The molecule has 2 fully saturated rings. The monoisotopic (exact) mass is 277 g/mol. The summed E-state index contributed by atoms with van der Waals surface area (Å²) >= 11 is 0. The minimum atomic E-state index is -0.239. The molecule has 20 heavy (non-hydrogen) atoms. The van der Waals surface area contributed by atoms with Gasteiger partial charge in [0.05, 0.1) is 5.60 Å². The minimum Gasteiger partial charge on any atom is -0.375 e. The third-order valence-corrected chi connectivity index (χ3v) is 4.49. The highest BCUT2D eigenvalue weighted by Gasteiger charge is 2.38. The van der Waals surface area contributed by atoms with Crippen LogP contribution in [0.3, 0.4) is 0 Å². The Hall–Kier alpha value is -1.42. The second-order valence-electron chi connectivity index (χ2n) is 5.79. The smallest absolute Gasteiger partial charge is 0.222 e. The first kappa shape index (κ1) is 13.6. The molecule has 0 aromatic heterocycles. The number of likely N-dealkylation sites (tertiary alicyclic amines) is 1. The first-order valence-electron chi connectivity index (χ1n) is 7.34. The Morgan fingerprint density at radius 1 is 1.25 bits per heavy atom. The van der Waals surface area contributed by atoms with Gasteiger partial charge in [-0.15, -0.1) is 0 Å². The summed E-state index contributed by atoms with van der Waals surface area (Å²) in [4.78, 5) is 14.0. The number of carbonyl (C=O) groups excluding carboxylic acids is 1. The summed E-state index contributed by atoms with van der Waals surface area (Å²) in [5.74, 6) is -0.128. The zero-order valence-corrected chi connectivity index (χ0v) is 11.6. The first-order valence-corrected chi connectivity index (χ1v) is 7.34. The summed E-state index contributed by atoms with van der Waals surface area (Å²) in [6, 6.07) is 6.67. The highest BCUT2D eigenvalue weighted by atomic mass is 19.1. The maximum absolute atomic E-state index is 13.7. The summed E-state index contributed by atoms with van der Waals surface area (Å²) in [5.41, 5.74) is 0.490. The normalized spacial score (nSPS) is 27.1. The third-order valence-electron chi connectivity index (χ3n) is 4.49. The molecule has 0 aliphatic carbocycles. The largest absolute Gasteiger partial charge is 0.375 e. The van der Waals surface area contributed by atoms with Gasteiger partial charge in [0.15, 0.2) is 0 Å². The Morgan fingerprint density at radius 2 is 2.10 bits per heavy atom. The molecule has 1 aromatic rings. The van der Waals surface area contributed by atoms with E-state index in [0.29, 0.717) is 25.1 Å². The van der Waals surface area contributed by atoms with Crippen LogP contribution >= 0.6 is 0 Å². The van der Waals surface area contributed by atoms with Crippen LogP contribution < -0.4 is 0 Å².